The summed E-state index contributed by atoms with van der Waals surface area (Å²) in [6, 6.07) is 10.9. The van der Waals surface area contributed by atoms with Crippen molar-refractivity contribution in [3.63, 3.8) is 0 Å². The zero-order valence-electron chi connectivity index (χ0n) is 18.1. The number of aliphatic imine (C=N–C) groups is 1. The molecule has 0 atom stereocenters. The van der Waals surface area contributed by atoms with E-state index < -0.39 is 11.6 Å². The van der Waals surface area contributed by atoms with Crippen molar-refractivity contribution in [2.45, 2.75) is 6.54 Å². The number of hydrogen-bond donors (Lipinski definition) is 2. The second-order valence-electron chi connectivity index (χ2n) is 7.10. The number of carbonyl (C=O) groups excluding carboxylic acids is 1. The maximum atomic E-state index is 14.0. The number of amides is 1. The Kier molecular flexibility index (Phi) is 9.95. The molecule has 2 N–H and O–H groups in total. The summed E-state index contributed by atoms with van der Waals surface area (Å²) >= 11 is 0. The first-order chi connectivity index (χ1) is 15.0. The molecule has 0 aliphatic carbocycles. The van der Waals surface area contributed by atoms with Gasteiger partial charge in [-0.05, 0) is 29.8 Å². The first kappa shape index (κ1) is 25.6. The molecule has 1 amide bonds. The second-order valence-corrected chi connectivity index (χ2v) is 7.10. The van der Waals surface area contributed by atoms with E-state index in [1.54, 1.807) is 14.2 Å². The van der Waals surface area contributed by atoms with Crippen molar-refractivity contribution in [2.75, 3.05) is 51.8 Å². The lowest BCUT2D eigenvalue weighted by Gasteiger charge is -2.37. The van der Waals surface area contributed by atoms with Gasteiger partial charge < -0.3 is 25.2 Å². The van der Waals surface area contributed by atoms with Gasteiger partial charge in [-0.25, -0.2) is 8.78 Å². The van der Waals surface area contributed by atoms with E-state index in [9.17, 15) is 13.6 Å². The highest BCUT2D eigenvalue weighted by molar-refractivity contribution is 14.0. The Morgan fingerprint density at radius 1 is 1.06 bits per heavy atom. The molecule has 2 aromatic rings. The topological polar surface area (TPSA) is 69.2 Å². The molecule has 10 heteroatoms. The molecule has 1 fully saturated rings. The monoisotopic (exact) mass is 559 g/mol. The van der Waals surface area contributed by atoms with Crippen LogP contribution in [0.4, 0.5) is 14.5 Å². The van der Waals surface area contributed by atoms with Gasteiger partial charge in [-0.3, -0.25) is 9.79 Å². The molecule has 0 radical (unpaired) electrons. The van der Waals surface area contributed by atoms with E-state index in [0.29, 0.717) is 38.7 Å². The van der Waals surface area contributed by atoms with Crippen molar-refractivity contribution in [3.8, 4) is 5.75 Å². The van der Waals surface area contributed by atoms with Crippen LogP contribution in [0.15, 0.2) is 47.5 Å². The molecule has 0 spiro atoms. The Morgan fingerprint density at radius 2 is 1.75 bits per heavy atom. The Balaban J connectivity index is 0.00000363. The van der Waals surface area contributed by atoms with E-state index >= 15 is 0 Å². The van der Waals surface area contributed by atoms with Crippen LogP contribution >= 0.6 is 24.0 Å². The number of piperazine rings is 1. The van der Waals surface area contributed by atoms with Crippen LogP contribution in [0.2, 0.25) is 0 Å². The molecule has 32 heavy (non-hydrogen) atoms. The number of ether oxygens (including phenoxy) is 1. The zero-order valence-corrected chi connectivity index (χ0v) is 20.4. The Morgan fingerprint density at radius 3 is 2.38 bits per heavy atom. The third-order valence-corrected chi connectivity index (χ3v) is 5.10. The number of halogens is 3. The summed E-state index contributed by atoms with van der Waals surface area (Å²) < 4.78 is 32.6. The number of carbonyl (C=O) groups is 1. The molecule has 0 bridgehead atoms. The number of hydrogen-bond acceptors (Lipinski definition) is 4. The number of anilines is 1. The van der Waals surface area contributed by atoms with Crippen LogP contribution in [-0.2, 0) is 11.3 Å². The summed E-state index contributed by atoms with van der Waals surface area (Å²) in [6.07, 6.45) is 0. The van der Waals surface area contributed by atoms with Crippen LogP contribution in [0, 0.1) is 11.6 Å². The van der Waals surface area contributed by atoms with Crippen molar-refractivity contribution >= 4 is 41.5 Å². The van der Waals surface area contributed by atoms with Gasteiger partial charge in [0, 0.05) is 45.8 Å². The molecule has 1 saturated heterocycles. The predicted molar refractivity (Wildman–Crippen MR) is 132 cm³/mol. The lowest BCUT2D eigenvalue weighted by molar-refractivity contribution is -0.120. The summed E-state index contributed by atoms with van der Waals surface area (Å²) in [7, 11) is 3.26. The van der Waals surface area contributed by atoms with E-state index in [1.165, 1.54) is 6.07 Å². The lowest BCUT2D eigenvalue weighted by atomic mass is 10.2. The first-order valence-electron chi connectivity index (χ1n) is 10.1. The van der Waals surface area contributed by atoms with Crippen LogP contribution in [0.1, 0.15) is 5.56 Å². The van der Waals surface area contributed by atoms with Gasteiger partial charge in [-0.2, -0.15) is 0 Å². The Bertz CT molecular complexity index is 919. The minimum absolute atomic E-state index is 0. The van der Waals surface area contributed by atoms with E-state index in [4.69, 9.17) is 4.74 Å². The Hall–Kier alpha value is -2.63. The SMILES string of the molecule is CN=C(NCC(=O)NCc1ccc(OC)cc1)N1CCN(c2cc(F)ccc2F)CC1.I. The molecule has 1 aliphatic heterocycles. The van der Waals surface area contributed by atoms with Crippen molar-refractivity contribution in [2.24, 2.45) is 4.99 Å². The van der Waals surface area contributed by atoms with E-state index in [0.717, 1.165) is 23.4 Å². The molecule has 0 unspecified atom stereocenters. The molecule has 7 nitrogen and oxygen atoms in total. The maximum Gasteiger partial charge on any atom is 0.239 e. The number of nitrogens with one attached hydrogen (secondary N) is 2. The van der Waals surface area contributed by atoms with Crippen LogP contribution in [-0.4, -0.2) is 63.6 Å². The van der Waals surface area contributed by atoms with Crippen LogP contribution < -0.4 is 20.3 Å². The zero-order chi connectivity index (χ0) is 22.2. The quantitative estimate of drug-likeness (QED) is 0.324. The molecule has 1 aliphatic rings. The van der Waals surface area contributed by atoms with Crippen LogP contribution in [0.25, 0.3) is 0 Å². The van der Waals surface area contributed by atoms with Gasteiger partial charge in [0.05, 0.1) is 19.3 Å². The number of benzene rings is 2. The van der Waals surface area contributed by atoms with E-state index in [2.05, 4.69) is 15.6 Å². The van der Waals surface area contributed by atoms with Gasteiger partial charge in [0.15, 0.2) is 5.96 Å². The summed E-state index contributed by atoms with van der Waals surface area (Å²) in [5.74, 6) is 0.306. The minimum atomic E-state index is -0.461. The van der Waals surface area contributed by atoms with Gasteiger partial charge in [-0.15, -0.1) is 24.0 Å². The molecular weight excluding hydrogens is 531 g/mol. The van der Waals surface area contributed by atoms with Crippen LogP contribution in [0.5, 0.6) is 5.75 Å². The summed E-state index contributed by atoms with van der Waals surface area (Å²) in [5, 5.41) is 5.92. The van der Waals surface area contributed by atoms with Gasteiger partial charge in [-0.1, -0.05) is 12.1 Å². The largest absolute Gasteiger partial charge is 0.497 e. The predicted octanol–water partition coefficient (Wildman–Crippen LogP) is 2.61. The highest BCUT2D eigenvalue weighted by Crippen LogP contribution is 2.21. The third kappa shape index (κ3) is 6.94. The van der Waals surface area contributed by atoms with Crippen molar-refractivity contribution in [3.05, 3.63) is 59.7 Å². The fourth-order valence-electron chi connectivity index (χ4n) is 3.39. The Labute approximate surface area is 203 Å². The fourth-order valence-corrected chi connectivity index (χ4v) is 3.39. The first-order valence-corrected chi connectivity index (χ1v) is 10.1. The third-order valence-electron chi connectivity index (χ3n) is 5.10. The fraction of sp³-hybridized carbons (Fsp3) is 0.364. The number of methoxy groups -OCH3 is 1. The standard InChI is InChI=1S/C22H27F2N5O2.HI/c1-25-22(27-15-21(30)26-14-16-3-6-18(31-2)7-4-16)29-11-9-28(10-12-29)20-13-17(23)5-8-19(20)24;/h3-8,13H,9-12,14-15H2,1-2H3,(H,25,27)(H,26,30);1H. The number of rotatable bonds is 6. The van der Waals surface area contributed by atoms with Crippen molar-refractivity contribution in [1.29, 1.82) is 0 Å². The molecule has 0 saturated carbocycles. The van der Waals surface area contributed by atoms with Gasteiger partial charge in [0.25, 0.3) is 0 Å². The average molecular weight is 559 g/mol. The van der Waals surface area contributed by atoms with Gasteiger partial charge >= 0.3 is 0 Å². The van der Waals surface area contributed by atoms with Crippen molar-refractivity contribution < 1.29 is 18.3 Å². The van der Waals surface area contributed by atoms with Gasteiger partial charge in [0.1, 0.15) is 17.4 Å². The minimum Gasteiger partial charge on any atom is -0.497 e. The molecule has 2 aromatic carbocycles. The van der Waals surface area contributed by atoms with Gasteiger partial charge in [0.2, 0.25) is 5.91 Å². The number of guanidine groups is 1. The van der Waals surface area contributed by atoms with E-state index in [-0.39, 0.29) is 42.1 Å². The van der Waals surface area contributed by atoms with Crippen LogP contribution in [0.3, 0.4) is 0 Å². The molecule has 174 valence electrons. The smallest absolute Gasteiger partial charge is 0.239 e. The highest BCUT2D eigenvalue weighted by Gasteiger charge is 2.22. The van der Waals surface area contributed by atoms with Crippen molar-refractivity contribution in [1.82, 2.24) is 15.5 Å². The maximum absolute atomic E-state index is 14.0. The average Bonchev–Trinajstić information content (AvgIpc) is 2.80. The van der Waals surface area contributed by atoms with E-state index in [1.807, 2.05) is 34.1 Å². The molecular formula is C22H28F2IN5O2. The molecule has 1 heterocycles. The summed E-state index contributed by atoms with van der Waals surface area (Å²) in [4.78, 5) is 20.2. The number of nitrogens with zero attached hydrogens (tertiary/aromatic N) is 3. The summed E-state index contributed by atoms with van der Waals surface area (Å²) in [5.41, 5.74) is 1.24. The lowest BCUT2D eigenvalue weighted by Crippen LogP contribution is -2.53. The molecule has 0 aromatic heterocycles. The highest BCUT2D eigenvalue weighted by atomic mass is 127. The summed E-state index contributed by atoms with van der Waals surface area (Å²) in [6.45, 7) is 2.68. The molecule has 3 rings (SSSR count). The normalized spacial score (nSPS) is 13.9. The second kappa shape index (κ2) is 12.4.